The summed E-state index contributed by atoms with van der Waals surface area (Å²) < 4.78 is 13.1. The van der Waals surface area contributed by atoms with E-state index < -0.39 is 6.10 Å². The number of carbonyl (C=O) groups is 1. The number of hydrogen-bond acceptors (Lipinski definition) is 5. The Balaban J connectivity index is 1.27. The molecule has 1 aliphatic heterocycles. The number of nitrogens with one attached hydrogen (secondary N) is 1. The van der Waals surface area contributed by atoms with Crippen molar-refractivity contribution in [1.29, 1.82) is 0 Å². The van der Waals surface area contributed by atoms with Crippen LogP contribution in [0.5, 0.6) is 0 Å². The molecule has 1 saturated heterocycles. The molecule has 3 atom stereocenters. The highest BCUT2D eigenvalue weighted by molar-refractivity contribution is 5.94. The molecule has 2 heterocycles. The second-order valence-electron chi connectivity index (χ2n) is 8.62. The van der Waals surface area contributed by atoms with E-state index in [0.717, 1.165) is 36.1 Å². The number of aromatic nitrogens is 2. The summed E-state index contributed by atoms with van der Waals surface area (Å²) in [6, 6.07) is 14.0. The monoisotopic (exact) mass is 448 g/mol. The van der Waals surface area contributed by atoms with Gasteiger partial charge in [0.2, 0.25) is 0 Å². The third-order valence-electron chi connectivity index (χ3n) is 6.22. The van der Waals surface area contributed by atoms with E-state index in [1.165, 1.54) is 12.1 Å². The van der Waals surface area contributed by atoms with Crippen LogP contribution in [0.3, 0.4) is 0 Å². The molecule has 1 aromatic heterocycles. The highest BCUT2D eigenvalue weighted by atomic mass is 19.1. The summed E-state index contributed by atoms with van der Waals surface area (Å²) >= 11 is 0. The highest BCUT2D eigenvalue weighted by Gasteiger charge is 2.30. The van der Waals surface area contributed by atoms with E-state index in [1.807, 2.05) is 24.3 Å². The van der Waals surface area contributed by atoms with Crippen LogP contribution in [0.2, 0.25) is 0 Å². The molecule has 172 valence electrons. The first-order valence-corrected chi connectivity index (χ1v) is 11.3. The minimum Gasteiger partial charge on any atom is -0.387 e. The zero-order valence-corrected chi connectivity index (χ0v) is 18.7. The quantitative estimate of drug-likeness (QED) is 0.553. The molecular weight excluding hydrogens is 419 g/mol. The molecule has 0 aliphatic carbocycles. The molecule has 2 aromatic carbocycles. The van der Waals surface area contributed by atoms with Crippen molar-refractivity contribution in [3.63, 3.8) is 0 Å². The van der Waals surface area contributed by atoms with Crippen LogP contribution in [0, 0.1) is 5.82 Å². The minimum atomic E-state index is -0.659. The molecule has 2 N–H and O–H groups in total. The van der Waals surface area contributed by atoms with Gasteiger partial charge in [-0.05, 0) is 54.7 Å². The van der Waals surface area contributed by atoms with E-state index in [2.05, 4.69) is 15.3 Å². The normalized spacial score (nSPS) is 18.8. The van der Waals surface area contributed by atoms with Gasteiger partial charge < -0.3 is 15.3 Å². The molecule has 1 amide bonds. The van der Waals surface area contributed by atoms with Crippen LogP contribution in [0.15, 0.2) is 67.1 Å². The first-order chi connectivity index (χ1) is 16.0. The number of nitrogens with zero attached hydrogens (tertiary/aromatic N) is 3. The highest BCUT2D eigenvalue weighted by Crippen LogP contribution is 2.27. The Labute approximate surface area is 193 Å². The van der Waals surface area contributed by atoms with Gasteiger partial charge in [-0.1, -0.05) is 24.3 Å². The van der Waals surface area contributed by atoms with Crippen LogP contribution in [0.25, 0.3) is 0 Å². The van der Waals surface area contributed by atoms with E-state index in [9.17, 15) is 14.3 Å². The zero-order chi connectivity index (χ0) is 23.2. The number of benzene rings is 2. The number of hydrogen-bond donors (Lipinski definition) is 2. The Bertz CT molecular complexity index is 1040. The molecule has 0 saturated carbocycles. The Morgan fingerprint density at radius 3 is 2.61 bits per heavy atom. The SMILES string of the molecule is CN(CCc1cnccn1)C(=O)c1ccc(C[C@@H]2CC[C@H](C(O)c3ccc(F)cc3)N2)cc1. The number of aliphatic hydroxyl groups excluding tert-OH is 1. The van der Waals surface area contributed by atoms with E-state index >= 15 is 0 Å². The van der Waals surface area contributed by atoms with Crippen molar-refractivity contribution >= 4 is 5.91 Å². The first-order valence-electron chi connectivity index (χ1n) is 11.3. The maximum Gasteiger partial charge on any atom is 0.253 e. The Morgan fingerprint density at radius 1 is 1.15 bits per heavy atom. The maximum atomic E-state index is 13.1. The second-order valence-corrected chi connectivity index (χ2v) is 8.62. The summed E-state index contributed by atoms with van der Waals surface area (Å²) in [6.07, 6.45) is 7.64. The summed E-state index contributed by atoms with van der Waals surface area (Å²) in [4.78, 5) is 22.7. The molecule has 1 fully saturated rings. The third-order valence-corrected chi connectivity index (χ3v) is 6.22. The van der Waals surface area contributed by atoms with Crippen LogP contribution >= 0.6 is 0 Å². The lowest BCUT2D eigenvalue weighted by molar-refractivity contribution is 0.0796. The molecule has 1 aliphatic rings. The van der Waals surface area contributed by atoms with Crippen LogP contribution < -0.4 is 5.32 Å². The largest absolute Gasteiger partial charge is 0.387 e. The number of carbonyl (C=O) groups excluding carboxylic acids is 1. The number of halogens is 1. The van der Waals surface area contributed by atoms with Crippen LogP contribution in [-0.4, -0.2) is 51.6 Å². The topological polar surface area (TPSA) is 78.4 Å². The molecule has 7 heteroatoms. The molecular formula is C26H29FN4O2. The van der Waals surface area contributed by atoms with Crippen molar-refractivity contribution in [2.45, 2.75) is 43.9 Å². The molecule has 0 spiro atoms. The number of likely N-dealkylation sites (N-methyl/N-ethyl adjacent to an activating group) is 1. The number of aliphatic hydroxyl groups is 1. The van der Waals surface area contributed by atoms with Gasteiger partial charge in [0, 0.05) is 56.3 Å². The smallest absolute Gasteiger partial charge is 0.253 e. The van der Waals surface area contributed by atoms with Crippen molar-refractivity contribution in [2.75, 3.05) is 13.6 Å². The Morgan fingerprint density at radius 2 is 1.91 bits per heavy atom. The lowest BCUT2D eigenvalue weighted by Crippen LogP contribution is -2.35. The summed E-state index contributed by atoms with van der Waals surface area (Å²) in [5.74, 6) is -0.325. The predicted octanol–water partition coefficient (Wildman–Crippen LogP) is 3.33. The Kier molecular flexibility index (Phi) is 7.42. The average molecular weight is 449 g/mol. The molecule has 6 nitrogen and oxygen atoms in total. The van der Waals surface area contributed by atoms with Gasteiger partial charge in [0.1, 0.15) is 5.82 Å². The lowest BCUT2D eigenvalue weighted by atomic mass is 10.0. The Hall–Kier alpha value is -3.16. The van der Waals surface area contributed by atoms with E-state index in [0.29, 0.717) is 18.5 Å². The molecule has 0 bridgehead atoms. The summed E-state index contributed by atoms with van der Waals surface area (Å²) in [7, 11) is 1.79. The van der Waals surface area contributed by atoms with Gasteiger partial charge in [-0.3, -0.25) is 14.8 Å². The summed E-state index contributed by atoms with van der Waals surface area (Å²) in [5, 5.41) is 14.1. The molecule has 3 aromatic rings. The van der Waals surface area contributed by atoms with Gasteiger partial charge in [-0.25, -0.2) is 4.39 Å². The molecule has 33 heavy (non-hydrogen) atoms. The zero-order valence-electron chi connectivity index (χ0n) is 18.7. The van der Waals surface area contributed by atoms with Crippen molar-refractivity contribution < 1.29 is 14.3 Å². The van der Waals surface area contributed by atoms with E-state index in [4.69, 9.17) is 0 Å². The van der Waals surface area contributed by atoms with Crippen molar-refractivity contribution in [1.82, 2.24) is 20.2 Å². The van der Waals surface area contributed by atoms with Crippen LogP contribution in [-0.2, 0) is 12.8 Å². The second kappa shape index (κ2) is 10.6. The standard InChI is InChI=1S/C26H29FN4O2/c1-31(15-12-23-17-28-13-14-29-23)26(33)20-4-2-18(3-5-20)16-22-10-11-24(30-22)25(32)19-6-8-21(27)9-7-19/h2-9,13-14,17,22,24-25,30,32H,10-12,15-16H2,1H3/t22-,24+,25?/m0/s1. The lowest BCUT2D eigenvalue weighted by Gasteiger charge is -2.21. The predicted molar refractivity (Wildman–Crippen MR) is 124 cm³/mol. The van der Waals surface area contributed by atoms with Gasteiger partial charge in [0.25, 0.3) is 5.91 Å². The maximum absolute atomic E-state index is 13.1. The third kappa shape index (κ3) is 6.00. The van der Waals surface area contributed by atoms with Gasteiger partial charge in [0.05, 0.1) is 11.8 Å². The summed E-state index contributed by atoms with van der Waals surface area (Å²) in [5.41, 5.74) is 3.38. The first kappa shape index (κ1) is 23.0. The minimum absolute atomic E-state index is 0.0214. The van der Waals surface area contributed by atoms with Gasteiger partial charge in [-0.2, -0.15) is 0 Å². The van der Waals surface area contributed by atoms with Crippen molar-refractivity contribution in [3.05, 3.63) is 95.3 Å². The molecule has 4 rings (SSSR count). The fourth-order valence-electron chi connectivity index (χ4n) is 4.28. The number of rotatable bonds is 8. The van der Waals surface area contributed by atoms with Crippen LogP contribution in [0.1, 0.15) is 46.1 Å². The fraction of sp³-hybridized carbons (Fsp3) is 0.346. The van der Waals surface area contributed by atoms with Crippen molar-refractivity contribution in [3.8, 4) is 0 Å². The van der Waals surface area contributed by atoms with Crippen molar-refractivity contribution in [2.24, 2.45) is 0 Å². The average Bonchev–Trinajstić information content (AvgIpc) is 3.31. The summed E-state index contributed by atoms with van der Waals surface area (Å²) in [6.45, 7) is 0.572. The molecule has 1 unspecified atom stereocenters. The molecule has 0 radical (unpaired) electrons. The van der Waals surface area contributed by atoms with E-state index in [-0.39, 0.29) is 23.8 Å². The van der Waals surface area contributed by atoms with Gasteiger partial charge in [0.15, 0.2) is 0 Å². The van der Waals surface area contributed by atoms with Gasteiger partial charge in [-0.15, -0.1) is 0 Å². The number of amides is 1. The van der Waals surface area contributed by atoms with E-state index in [1.54, 1.807) is 42.7 Å². The van der Waals surface area contributed by atoms with Crippen LogP contribution in [0.4, 0.5) is 4.39 Å². The van der Waals surface area contributed by atoms with Gasteiger partial charge >= 0.3 is 0 Å². The fourth-order valence-corrected chi connectivity index (χ4v) is 4.28.